The van der Waals surface area contributed by atoms with E-state index >= 15 is 0 Å². The van der Waals surface area contributed by atoms with Crippen molar-refractivity contribution in [2.75, 3.05) is 21.3 Å². The molecule has 1 aromatic rings. The molecule has 1 saturated heterocycles. The number of likely N-dealkylation sites (N-methyl/N-ethyl adjacent to an activating group) is 1. The highest BCUT2D eigenvalue weighted by Gasteiger charge is 2.32. The van der Waals surface area contributed by atoms with Gasteiger partial charge in [-0.15, -0.1) is 0 Å². The molecule has 0 atom stereocenters. The van der Waals surface area contributed by atoms with E-state index in [1.807, 2.05) is 12.1 Å². The zero-order chi connectivity index (χ0) is 14.9. The highest BCUT2D eigenvalue weighted by Crippen LogP contribution is 2.37. The van der Waals surface area contributed by atoms with Crippen LogP contribution in [0.15, 0.2) is 17.0 Å². The van der Waals surface area contributed by atoms with Crippen molar-refractivity contribution in [3.63, 3.8) is 0 Å². The SMILES string of the molecule is COc1cc(I)cc(/C=C2\SC(=O)N(C)C2=O)c1OC. The molecule has 0 spiro atoms. The van der Waals surface area contributed by atoms with E-state index in [0.717, 1.165) is 20.2 Å². The minimum atomic E-state index is -0.306. The van der Waals surface area contributed by atoms with Gasteiger partial charge in [-0.25, -0.2) is 0 Å². The Morgan fingerprint density at radius 2 is 1.95 bits per heavy atom. The number of amides is 2. The van der Waals surface area contributed by atoms with Gasteiger partial charge >= 0.3 is 0 Å². The molecule has 0 N–H and O–H groups in total. The van der Waals surface area contributed by atoms with Gasteiger partial charge in [0.2, 0.25) is 0 Å². The van der Waals surface area contributed by atoms with Crippen LogP contribution in [-0.4, -0.2) is 37.3 Å². The second-order valence-electron chi connectivity index (χ2n) is 3.97. The van der Waals surface area contributed by atoms with E-state index in [9.17, 15) is 9.59 Å². The maximum absolute atomic E-state index is 11.9. The fourth-order valence-electron chi connectivity index (χ4n) is 1.75. The summed E-state index contributed by atoms with van der Waals surface area (Å²) in [7, 11) is 4.55. The monoisotopic (exact) mass is 405 g/mol. The Morgan fingerprint density at radius 1 is 1.25 bits per heavy atom. The Morgan fingerprint density at radius 3 is 2.45 bits per heavy atom. The predicted octanol–water partition coefficient (Wildman–Crippen LogP) is 2.97. The molecule has 0 unspecified atom stereocenters. The number of nitrogens with zero attached hydrogens (tertiary/aromatic N) is 1. The molecular weight excluding hydrogens is 393 g/mol. The van der Waals surface area contributed by atoms with E-state index in [0.29, 0.717) is 22.0 Å². The third-order valence-electron chi connectivity index (χ3n) is 2.75. The summed E-state index contributed by atoms with van der Waals surface area (Å²) < 4.78 is 11.5. The summed E-state index contributed by atoms with van der Waals surface area (Å²) in [6.07, 6.45) is 1.65. The average molecular weight is 405 g/mol. The first-order valence-electron chi connectivity index (χ1n) is 5.61. The highest BCUT2D eigenvalue weighted by molar-refractivity contribution is 14.1. The molecule has 7 heteroatoms. The number of hydrogen-bond donors (Lipinski definition) is 0. The lowest BCUT2D eigenvalue weighted by Gasteiger charge is -2.11. The minimum Gasteiger partial charge on any atom is -0.493 e. The molecule has 2 amide bonds. The van der Waals surface area contributed by atoms with Crippen molar-refractivity contribution in [3.05, 3.63) is 26.2 Å². The average Bonchev–Trinajstić information content (AvgIpc) is 2.65. The number of methoxy groups -OCH3 is 2. The molecule has 106 valence electrons. The van der Waals surface area contributed by atoms with Crippen LogP contribution >= 0.6 is 34.4 Å². The molecule has 1 heterocycles. The normalized spacial score (nSPS) is 17.0. The second kappa shape index (κ2) is 6.04. The Kier molecular flexibility index (Phi) is 4.59. The maximum atomic E-state index is 11.9. The van der Waals surface area contributed by atoms with Gasteiger partial charge in [0.25, 0.3) is 11.1 Å². The van der Waals surface area contributed by atoms with Crippen molar-refractivity contribution in [1.29, 1.82) is 0 Å². The van der Waals surface area contributed by atoms with Crippen LogP contribution in [0, 0.1) is 3.57 Å². The molecule has 0 saturated carbocycles. The number of thioether (sulfide) groups is 1. The smallest absolute Gasteiger partial charge is 0.293 e. The van der Waals surface area contributed by atoms with Crippen LogP contribution in [0.2, 0.25) is 0 Å². The Balaban J connectivity index is 2.51. The van der Waals surface area contributed by atoms with Gasteiger partial charge in [-0.05, 0) is 52.6 Å². The van der Waals surface area contributed by atoms with Gasteiger partial charge in [0.05, 0.1) is 19.1 Å². The van der Waals surface area contributed by atoms with E-state index in [1.54, 1.807) is 13.2 Å². The van der Waals surface area contributed by atoms with Crippen molar-refractivity contribution in [2.24, 2.45) is 0 Å². The Labute approximate surface area is 134 Å². The zero-order valence-corrected chi connectivity index (χ0v) is 14.1. The Bertz CT molecular complexity index is 615. The summed E-state index contributed by atoms with van der Waals surface area (Å²) in [5.41, 5.74) is 0.704. The minimum absolute atomic E-state index is 0.280. The summed E-state index contributed by atoms with van der Waals surface area (Å²) in [5, 5.41) is -0.280. The van der Waals surface area contributed by atoms with Crippen LogP contribution in [0.3, 0.4) is 0 Å². The van der Waals surface area contributed by atoms with Crippen LogP contribution in [0.25, 0.3) is 6.08 Å². The van der Waals surface area contributed by atoms with Crippen molar-refractivity contribution in [2.45, 2.75) is 0 Å². The van der Waals surface area contributed by atoms with Gasteiger partial charge in [0, 0.05) is 16.2 Å². The van der Waals surface area contributed by atoms with E-state index in [1.165, 1.54) is 14.2 Å². The van der Waals surface area contributed by atoms with Crippen LogP contribution in [-0.2, 0) is 4.79 Å². The van der Waals surface area contributed by atoms with Crippen molar-refractivity contribution in [1.82, 2.24) is 4.90 Å². The first kappa shape index (κ1) is 15.2. The molecule has 0 aromatic heterocycles. The number of benzene rings is 1. The number of ether oxygens (including phenoxy) is 2. The number of halogens is 1. The summed E-state index contributed by atoms with van der Waals surface area (Å²) >= 11 is 3.07. The number of carbonyl (C=O) groups excluding carboxylic acids is 2. The standard InChI is InChI=1S/C13H12INO4S/c1-15-12(16)10(20-13(15)17)5-7-4-8(14)6-9(18-2)11(7)19-3/h4-6H,1-3H3/b10-5-. The topological polar surface area (TPSA) is 55.8 Å². The van der Waals surface area contributed by atoms with E-state index in [4.69, 9.17) is 9.47 Å². The predicted molar refractivity (Wildman–Crippen MR) is 86.0 cm³/mol. The summed E-state index contributed by atoms with van der Waals surface area (Å²) in [6.45, 7) is 0. The van der Waals surface area contributed by atoms with Crippen LogP contribution < -0.4 is 9.47 Å². The molecule has 20 heavy (non-hydrogen) atoms. The molecule has 0 radical (unpaired) electrons. The molecule has 1 fully saturated rings. The molecule has 2 rings (SSSR count). The van der Waals surface area contributed by atoms with Crippen LogP contribution in [0.1, 0.15) is 5.56 Å². The molecule has 1 aromatic carbocycles. The fourth-order valence-corrected chi connectivity index (χ4v) is 3.19. The number of hydrogen-bond acceptors (Lipinski definition) is 5. The second-order valence-corrected chi connectivity index (χ2v) is 6.21. The lowest BCUT2D eigenvalue weighted by Crippen LogP contribution is -2.22. The van der Waals surface area contributed by atoms with E-state index in [-0.39, 0.29) is 11.1 Å². The summed E-state index contributed by atoms with van der Waals surface area (Å²) in [4.78, 5) is 24.9. The maximum Gasteiger partial charge on any atom is 0.293 e. The highest BCUT2D eigenvalue weighted by atomic mass is 127. The largest absolute Gasteiger partial charge is 0.493 e. The van der Waals surface area contributed by atoms with Gasteiger partial charge in [-0.3, -0.25) is 14.5 Å². The van der Waals surface area contributed by atoms with Crippen molar-refractivity contribution < 1.29 is 19.1 Å². The molecule has 1 aliphatic heterocycles. The first-order valence-corrected chi connectivity index (χ1v) is 7.50. The lowest BCUT2D eigenvalue weighted by molar-refractivity contribution is -0.121. The lowest BCUT2D eigenvalue weighted by atomic mass is 10.1. The Hall–Kier alpha value is -1.22. The zero-order valence-electron chi connectivity index (χ0n) is 11.1. The van der Waals surface area contributed by atoms with Crippen LogP contribution in [0.5, 0.6) is 11.5 Å². The van der Waals surface area contributed by atoms with Crippen LogP contribution in [0.4, 0.5) is 4.79 Å². The number of imide groups is 1. The van der Waals surface area contributed by atoms with Crippen molar-refractivity contribution in [3.8, 4) is 11.5 Å². The van der Waals surface area contributed by atoms with Gasteiger partial charge < -0.3 is 9.47 Å². The third-order valence-corrected chi connectivity index (χ3v) is 4.33. The molecule has 0 aliphatic carbocycles. The van der Waals surface area contributed by atoms with E-state index < -0.39 is 0 Å². The van der Waals surface area contributed by atoms with Gasteiger partial charge in [-0.2, -0.15) is 0 Å². The van der Waals surface area contributed by atoms with Gasteiger partial charge in [0.15, 0.2) is 11.5 Å². The molecule has 1 aliphatic rings. The van der Waals surface area contributed by atoms with E-state index in [2.05, 4.69) is 22.6 Å². The third kappa shape index (κ3) is 2.78. The summed E-state index contributed by atoms with van der Waals surface area (Å²) in [5.74, 6) is 0.817. The first-order chi connectivity index (χ1) is 9.47. The molecule has 5 nitrogen and oxygen atoms in total. The quantitative estimate of drug-likeness (QED) is 0.572. The van der Waals surface area contributed by atoms with Gasteiger partial charge in [0.1, 0.15) is 0 Å². The van der Waals surface area contributed by atoms with Crippen molar-refractivity contribution >= 4 is 51.6 Å². The number of rotatable bonds is 3. The molecular formula is C13H12INO4S. The number of carbonyl (C=O) groups is 2. The van der Waals surface area contributed by atoms with Gasteiger partial charge in [-0.1, -0.05) is 0 Å². The fraction of sp³-hybridized carbons (Fsp3) is 0.231. The summed E-state index contributed by atoms with van der Waals surface area (Å²) in [6, 6.07) is 3.70. The molecule has 0 bridgehead atoms.